The normalized spacial score (nSPS) is 15.4. The molecular weight excluding hydrogens is 497 g/mol. The molecule has 1 fully saturated rings. The molecule has 2 amide bonds. The fourth-order valence-corrected chi connectivity index (χ4v) is 5.67. The maximum Gasteiger partial charge on any atom is 0.262 e. The van der Waals surface area contributed by atoms with Crippen molar-refractivity contribution in [3.8, 4) is 11.5 Å². The van der Waals surface area contributed by atoms with Crippen LogP contribution in [0.2, 0.25) is 0 Å². The Morgan fingerprint density at radius 2 is 1.90 bits per heavy atom. The van der Waals surface area contributed by atoms with E-state index in [1.807, 2.05) is 19.1 Å². The highest BCUT2D eigenvalue weighted by Gasteiger charge is 2.25. The zero-order chi connectivity index (χ0) is 27.6. The fraction of sp³-hybridized carbons (Fsp3) is 0.548. The third-order valence-corrected chi connectivity index (χ3v) is 7.80. The van der Waals surface area contributed by atoms with E-state index in [1.54, 1.807) is 12.1 Å². The van der Waals surface area contributed by atoms with Crippen LogP contribution >= 0.6 is 0 Å². The van der Waals surface area contributed by atoms with Gasteiger partial charge in [-0.05, 0) is 75.3 Å². The summed E-state index contributed by atoms with van der Waals surface area (Å²) in [6, 6.07) is 8.95. The van der Waals surface area contributed by atoms with Crippen LogP contribution in [0.15, 0.2) is 30.3 Å². The lowest BCUT2D eigenvalue weighted by atomic mass is 9.93. The van der Waals surface area contributed by atoms with Gasteiger partial charge in [0.25, 0.3) is 5.91 Å². The molecule has 0 unspecified atom stereocenters. The lowest BCUT2D eigenvalue weighted by Gasteiger charge is -2.34. The smallest absolute Gasteiger partial charge is 0.262 e. The van der Waals surface area contributed by atoms with Crippen molar-refractivity contribution >= 4 is 17.5 Å². The van der Waals surface area contributed by atoms with Crippen molar-refractivity contribution in [2.24, 2.45) is 0 Å². The lowest BCUT2D eigenvalue weighted by molar-refractivity contribution is -0.134. The van der Waals surface area contributed by atoms with Crippen LogP contribution in [0.25, 0.3) is 0 Å². The van der Waals surface area contributed by atoms with Crippen LogP contribution in [-0.2, 0) is 22.4 Å². The van der Waals surface area contributed by atoms with E-state index in [0.29, 0.717) is 49.0 Å². The molecule has 7 nitrogen and oxygen atoms in total. The highest BCUT2D eigenvalue weighted by Crippen LogP contribution is 2.39. The Labute approximate surface area is 231 Å². The molecule has 212 valence electrons. The molecule has 0 spiro atoms. The van der Waals surface area contributed by atoms with Gasteiger partial charge in [0, 0.05) is 25.6 Å². The molecule has 1 aliphatic carbocycles. The summed E-state index contributed by atoms with van der Waals surface area (Å²) in [4.78, 5) is 27.0. The number of ether oxygens (including phenoxy) is 1. The number of nitrogens with zero attached hydrogens (tertiary/aromatic N) is 1. The van der Waals surface area contributed by atoms with Gasteiger partial charge in [-0.2, -0.15) is 0 Å². The summed E-state index contributed by atoms with van der Waals surface area (Å²) < 4.78 is 19.6. The van der Waals surface area contributed by atoms with Gasteiger partial charge in [0.05, 0.1) is 0 Å². The van der Waals surface area contributed by atoms with Crippen LogP contribution < -0.4 is 15.4 Å². The fourth-order valence-electron chi connectivity index (χ4n) is 5.67. The minimum absolute atomic E-state index is 0.0141. The van der Waals surface area contributed by atoms with Crippen molar-refractivity contribution in [1.29, 1.82) is 0 Å². The van der Waals surface area contributed by atoms with Crippen LogP contribution in [-0.4, -0.2) is 54.1 Å². The molecule has 2 aromatic carbocycles. The summed E-state index contributed by atoms with van der Waals surface area (Å²) in [6.07, 6.45) is 10.4. The van der Waals surface area contributed by atoms with Gasteiger partial charge in [-0.1, -0.05) is 49.4 Å². The zero-order valence-electron chi connectivity index (χ0n) is 23.1. The van der Waals surface area contributed by atoms with Gasteiger partial charge in [-0.15, -0.1) is 0 Å². The maximum atomic E-state index is 14.0. The number of hydrogen-bond donors (Lipinski definition) is 3. The Bertz CT molecular complexity index is 1130. The van der Waals surface area contributed by atoms with Crippen LogP contribution in [0, 0.1) is 12.7 Å². The molecule has 1 heterocycles. The molecule has 1 saturated carbocycles. The number of rotatable bonds is 13. The summed E-state index contributed by atoms with van der Waals surface area (Å²) in [5.41, 5.74) is 3.09. The largest absolute Gasteiger partial charge is 0.506 e. The van der Waals surface area contributed by atoms with Crippen molar-refractivity contribution in [2.45, 2.75) is 83.6 Å². The monoisotopic (exact) mass is 539 g/mol. The lowest BCUT2D eigenvalue weighted by Crippen LogP contribution is -2.43. The first-order valence-corrected chi connectivity index (χ1v) is 14.4. The number of amides is 2. The van der Waals surface area contributed by atoms with E-state index in [9.17, 15) is 19.1 Å². The molecule has 39 heavy (non-hydrogen) atoms. The van der Waals surface area contributed by atoms with E-state index in [4.69, 9.17) is 4.74 Å². The molecule has 0 aromatic heterocycles. The number of carbonyl (C=O) groups is 2. The minimum atomic E-state index is -0.266. The molecule has 0 saturated heterocycles. The first-order valence-electron chi connectivity index (χ1n) is 14.4. The number of anilines is 1. The number of hydrogen-bond acceptors (Lipinski definition) is 5. The van der Waals surface area contributed by atoms with Crippen molar-refractivity contribution in [1.82, 2.24) is 10.2 Å². The molecule has 1 aliphatic heterocycles. The van der Waals surface area contributed by atoms with Gasteiger partial charge >= 0.3 is 0 Å². The minimum Gasteiger partial charge on any atom is -0.506 e. The van der Waals surface area contributed by atoms with Gasteiger partial charge in [-0.3, -0.25) is 9.59 Å². The summed E-state index contributed by atoms with van der Waals surface area (Å²) in [7, 11) is 0. The Morgan fingerprint density at radius 3 is 2.72 bits per heavy atom. The average Bonchev–Trinajstić information content (AvgIpc) is 2.94. The highest BCUT2D eigenvalue weighted by molar-refractivity contribution is 5.97. The Morgan fingerprint density at radius 1 is 1.08 bits per heavy atom. The number of aromatic hydroxyl groups is 1. The third kappa shape index (κ3) is 8.18. The second-order valence-corrected chi connectivity index (χ2v) is 10.8. The van der Waals surface area contributed by atoms with Crippen molar-refractivity contribution in [3.63, 3.8) is 0 Å². The maximum absolute atomic E-state index is 14.0. The standard InChI is InChI=1S/C31H42FN3O4/c1-22-11-13-26(32)24(20-22)15-17-33-18-16-29(38)35(25-9-5-2-6-10-25)19-7-3-4-8-23-12-14-27(36)30-31(23)39-21-28(37)34-30/h11-14,20,25,33,36H,2-10,15-19,21H2,1H3,(H,34,37). The molecule has 0 atom stereocenters. The molecule has 2 aromatic rings. The predicted molar refractivity (Wildman–Crippen MR) is 151 cm³/mol. The van der Waals surface area contributed by atoms with Crippen molar-refractivity contribution < 1.29 is 23.8 Å². The first kappa shape index (κ1) is 28.9. The zero-order valence-corrected chi connectivity index (χ0v) is 23.1. The number of nitrogens with one attached hydrogen (secondary N) is 2. The number of phenolic OH excluding ortho intramolecular Hbond substituents is 1. The van der Waals surface area contributed by atoms with E-state index < -0.39 is 0 Å². The van der Waals surface area contributed by atoms with Gasteiger partial charge in [0.15, 0.2) is 12.4 Å². The van der Waals surface area contributed by atoms with Crippen molar-refractivity contribution in [3.05, 3.63) is 52.8 Å². The summed E-state index contributed by atoms with van der Waals surface area (Å²) in [5, 5.41) is 16.1. The van der Waals surface area contributed by atoms with E-state index in [0.717, 1.165) is 56.2 Å². The topological polar surface area (TPSA) is 90.9 Å². The summed E-state index contributed by atoms with van der Waals surface area (Å²) >= 11 is 0. The van der Waals surface area contributed by atoms with Crippen LogP contribution in [0.1, 0.15) is 74.5 Å². The number of carbonyl (C=O) groups excluding carboxylic acids is 2. The number of phenols is 1. The van der Waals surface area contributed by atoms with E-state index in [2.05, 4.69) is 15.5 Å². The van der Waals surface area contributed by atoms with E-state index >= 15 is 0 Å². The van der Waals surface area contributed by atoms with E-state index in [-0.39, 0.29) is 30.0 Å². The number of aryl methyl sites for hydroxylation is 2. The molecule has 0 radical (unpaired) electrons. The summed E-state index contributed by atoms with van der Waals surface area (Å²) in [5.74, 6) is 0.337. The second kappa shape index (κ2) is 14.3. The van der Waals surface area contributed by atoms with Gasteiger partial charge in [0.2, 0.25) is 5.91 Å². The number of halogens is 1. The van der Waals surface area contributed by atoms with Crippen LogP contribution in [0.5, 0.6) is 11.5 Å². The first-order chi connectivity index (χ1) is 18.9. The molecule has 3 N–H and O–H groups in total. The molecular formula is C31H42FN3O4. The quantitative estimate of drug-likeness (QED) is 0.238. The Kier molecular flexibility index (Phi) is 10.6. The molecule has 0 bridgehead atoms. The third-order valence-electron chi connectivity index (χ3n) is 7.80. The van der Waals surface area contributed by atoms with Crippen LogP contribution in [0.3, 0.4) is 0 Å². The highest BCUT2D eigenvalue weighted by atomic mass is 19.1. The van der Waals surface area contributed by atoms with Gasteiger partial charge < -0.3 is 25.4 Å². The summed E-state index contributed by atoms with van der Waals surface area (Å²) in [6.45, 7) is 3.92. The predicted octanol–water partition coefficient (Wildman–Crippen LogP) is 5.27. The number of unbranched alkanes of at least 4 members (excludes halogenated alkanes) is 2. The molecule has 8 heteroatoms. The van der Waals surface area contributed by atoms with Gasteiger partial charge in [0.1, 0.15) is 17.3 Å². The Balaban J connectivity index is 1.22. The van der Waals surface area contributed by atoms with E-state index in [1.165, 1.54) is 25.3 Å². The average molecular weight is 540 g/mol. The second-order valence-electron chi connectivity index (χ2n) is 10.8. The van der Waals surface area contributed by atoms with Gasteiger partial charge in [-0.25, -0.2) is 4.39 Å². The SMILES string of the molecule is Cc1ccc(F)c(CCNCCC(=O)N(CCCCCc2ccc(O)c3c2OCC(=O)N3)C2CCCCC2)c1. The van der Waals surface area contributed by atoms with Crippen molar-refractivity contribution in [2.75, 3.05) is 31.6 Å². The number of benzene rings is 2. The molecule has 2 aliphatic rings. The van der Waals surface area contributed by atoms with Crippen LogP contribution in [0.4, 0.5) is 10.1 Å². The molecule has 4 rings (SSSR count). The Hall–Kier alpha value is -3.13. The number of fused-ring (bicyclic) bond motifs is 1.